The van der Waals surface area contributed by atoms with Gasteiger partial charge in [0.15, 0.2) is 0 Å². The Bertz CT molecular complexity index is 862. The van der Waals surface area contributed by atoms with E-state index in [1.54, 1.807) is 12.1 Å². The van der Waals surface area contributed by atoms with Crippen molar-refractivity contribution in [3.8, 4) is 0 Å². The van der Waals surface area contributed by atoms with Crippen molar-refractivity contribution in [1.29, 1.82) is 0 Å². The first-order chi connectivity index (χ1) is 12.1. The van der Waals surface area contributed by atoms with Crippen molar-refractivity contribution in [3.05, 3.63) is 65.5 Å². The van der Waals surface area contributed by atoms with Gasteiger partial charge in [-0.3, -0.25) is 4.99 Å². The Labute approximate surface area is 159 Å². The first-order valence-corrected chi connectivity index (χ1v) is 9.01. The Balaban J connectivity index is 0.00000168. The molecule has 3 nitrogen and oxygen atoms in total. The highest BCUT2D eigenvalue weighted by Crippen LogP contribution is 2.47. The Morgan fingerprint density at radius 3 is 2.58 bits per heavy atom. The third kappa shape index (κ3) is 2.35. The van der Waals surface area contributed by atoms with Crippen LogP contribution in [0.1, 0.15) is 37.3 Å². The number of hydrogen-bond acceptors (Lipinski definition) is 3. The summed E-state index contributed by atoms with van der Waals surface area (Å²) in [5, 5.41) is 0. The van der Waals surface area contributed by atoms with Gasteiger partial charge < -0.3 is 9.80 Å². The molecule has 2 aromatic carbocycles. The molecule has 1 saturated heterocycles. The molecule has 136 valence electrons. The van der Waals surface area contributed by atoms with Crippen molar-refractivity contribution >= 4 is 23.9 Å². The Morgan fingerprint density at radius 1 is 1.08 bits per heavy atom. The number of rotatable bonds is 1. The molecule has 3 aliphatic heterocycles. The second kappa shape index (κ2) is 5.98. The maximum Gasteiger partial charge on any atom is 0.135 e. The molecule has 0 bridgehead atoms. The molecule has 2 unspecified atom stereocenters. The number of fused-ring (bicyclic) bond motifs is 6. The molecule has 0 spiro atoms. The average molecular weight is 372 g/mol. The third-order valence-electron chi connectivity index (χ3n) is 5.87. The summed E-state index contributed by atoms with van der Waals surface area (Å²) in [6.45, 7) is 6.38. The van der Waals surface area contributed by atoms with E-state index in [2.05, 4.69) is 47.9 Å². The van der Waals surface area contributed by atoms with Gasteiger partial charge in [-0.2, -0.15) is 0 Å². The van der Waals surface area contributed by atoms with Crippen molar-refractivity contribution in [2.45, 2.75) is 37.9 Å². The highest BCUT2D eigenvalue weighted by Gasteiger charge is 2.51. The maximum absolute atomic E-state index is 13.4. The molecule has 0 saturated carbocycles. The second-order valence-corrected chi connectivity index (χ2v) is 7.89. The van der Waals surface area contributed by atoms with Gasteiger partial charge in [-0.15, -0.1) is 12.4 Å². The lowest BCUT2D eigenvalue weighted by Crippen LogP contribution is -2.60. The van der Waals surface area contributed by atoms with Gasteiger partial charge >= 0.3 is 0 Å². The van der Waals surface area contributed by atoms with E-state index in [0.29, 0.717) is 5.92 Å². The Hall–Kier alpha value is -2.07. The lowest BCUT2D eigenvalue weighted by atomic mass is 9.90. The first kappa shape index (κ1) is 17.3. The van der Waals surface area contributed by atoms with Crippen LogP contribution in [-0.2, 0) is 0 Å². The van der Waals surface area contributed by atoms with E-state index in [0.717, 1.165) is 25.3 Å². The van der Waals surface area contributed by atoms with Crippen molar-refractivity contribution in [2.24, 2.45) is 4.99 Å². The predicted octanol–water partition coefficient (Wildman–Crippen LogP) is 4.42. The van der Waals surface area contributed by atoms with E-state index >= 15 is 0 Å². The zero-order valence-corrected chi connectivity index (χ0v) is 15.8. The molecule has 26 heavy (non-hydrogen) atoms. The van der Waals surface area contributed by atoms with E-state index in [-0.39, 0.29) is 29.9 Å². The topological polar surface area (TPSA) is 18.8 Å². The summed E-state index contributed by atoms with van der Waals surface area (Å²) >= 11 is 0. The highest BCUT2D eigenvalue weighted by molar-refractivity contribution is 6.07. The molecule has 0 N–H and O–H groups in total. The molecule has 0 aliphatic carbocycles. The fourth-order valence-electron chi connectivity index (χ4n) is 4.73. The summed E-state index contributed by atoms with van der Waals surface area (Å²) < 4.78 is 13.4. The van der Waals surface area contributed by atoms with Crippen LogP contribution in [-0.4, -0.2) is 35.5 Å². The molecule has 5 heteroatoms. The monoisotopic (exact) mass is 371 g/mol. The molecule has 2 atom stereocenters. The van der Waals surface area contributed by atoms with Crippen LogP contribution in [0.5, 0.6) is 0 Å². The molecule has 0 aromatic heterocycles. The van der Waals surface area contributed by atoms with E-state index in [4.69, 9.17) is 4.99 Å². The Kier molecular flexibility index (Phi) is 3.99. The number of amidine groups is 1. The fraction of sp³-hybridized carbons (Fsp3) is 0.381. The molecule has 0 radical (unpaired) electrons. The zero-order valence-electron chi connectivity index (χ0n) is 15.0. The number of nitrogens with zero attached hydrogens (tertiary/aromatic N) is 3. The van der Waals surface area contributed by atoms with Gasteiger partial charge in [-0.25, -0.2) is 4.39 Å². The van der Waals surface area contributed by atoms with Crippen LogP contribution < -0.4 is 4.90 Å². The number of halogens is 2. The molecule has 3 heterocycles. The summed E-state index contributed by atoms with van der Waals surface area (Å²) in [5.41, 5.74) is 3.73. The van der Waals surface area contributed by atoms with Crippen LogP contribution >= 0.6 is 12.4 Å². The van der Waals surface area contributed by atoms with Gasteiger partial charge in [-0.1, -0.05) is 24.3 Å². The predicted molar refractivity (Wildman–Crippen MR) is 106 cm³/mol. The molecule has 1 fully saturated rings. The zero-order chi connectivity index (χ0) is 17.2. The van der Waals surface area contributed by atoms with Crippen LogP contribution in [0.15, 0.2) is 53.5 Å². The summed E-state index contributed by atoms with van der Waals surface area (Å²) in [4.78, 5) is 9.94. The van der Waals surface area contributed by atoms with Gasteiger partial charge in [0.1, 0.15) is 17.8 Å². The molecular weight excluding hydrogens is 349 g/mol. The first-order valence-electron chi connectivity index (χ1n) is 9.01. The Morgan fingerprint density at radius 2 is 1.81 bits per heavy atom. The number of para-hydroxylation sites is 1. The minimum Gasteiger partial charge on any atom is -0.350 e. The van der Waals surface area contributed by atoms with Gasteiger partial charge in [0.2, 0.25) is 0 Å². The molecule has 2 aromatic rings. The lowest BCUT2D eigenvalue weighted by molar-refractivity contribution is 0.173. The second-order valence-electron chi connectivity index (χ2n) is 7.89. The van der Waals surface area contributed by atoms with Gasteiger partial charge in [0, 0.05) is 23.7 Å². The molecular formula is C21H23ClFN3. The van der Waals surface area contributed by atoms with E-state index in [1.165, 1.54) is 16.8 Å². The summed E-state index contributed by atoms with van der Waals surface area (Å²) in [6, 6.07) is 15.7. The third-order valence-corrected chi connectivity index (χ3v) is 5.87. The molecule has 3 aliphatic rings. The highest BCUT2D eigenvalue weighted by atomic mass is 35.5. The van der Waals surface area contributed by atoms with Crippen molar-refractivity contribution in [1.82, 2.24) is 4.90 Å². The van der Waals surface area contributed by atoms with Crippen LogP contribution in [0.3, 0.4) is 0 Å². The van der Waals surface area contributed by atoms with Crippen molar-refractivity contribution in [3.63, 3.8) is 0 Å². The van der Waals surface area contributed by atoms with Crippen LogP contribution in [0, 0.1) is 5.82 Å². The number of hydrogen-bond donors (Lipinski definition) is 0. The van der Waals surface area contributed by atoms with E-state index in [1.807, 2.05) is 12.1 Å². The minimum absolute atomic E-state index is 0. The SMILES string of the molecule is CC1(C)CN=C2c3ccccc3N3CCC(c4ccc(F)cc4)C3N21.Cl. The fourth-order valence-corrected chi connectivity index (χ4v) is 4.73. The summed E-state index contributed by atoms with van der Waals surface area (Å²) in [6.07, 6.45) is 1.32. The minimum atomic E-state index is -0.170. The smallest absolute Gasteiger partial charge is 0.135 e. The largest absolute Gasteiger partial charge is 0.350 e. The summed E-state index contributed by atoms with van der Waals surface area (Å²) in [7, 11) is 0. The molecule has 0 amide bonds. The van der Waals surface area contributed by atoms with E-state index in [9.17, 15) is 4.39 Å². The summed E-state index contributed by atoms with van der Waals surface area (Å²) in [5.74, 6) is 1.31. The quantitative estimate of drug-likeness (QED) is 0.738. The standard InChI is InChI=1S/C21H22FN3.ClH/c1-21(2)13-23-19-17-5-3-4-6-18(17)24-12-11-16(20(24)25(19)21)14-7-9-15(22)10-8-14;/h3-10,16,20H,11-13H2,1-2H3;1H. The van der Waals surface area contributed by atoms with Crippen LogP contribution in [0.4, 0.5) is 10.1 Å². The lowest BCUT2D eigenvalue weighted by Gasteiger charge is -2.49. The number of aliphatic imine (C=N–C) groups is 1. The number of benzene rings is 2. The number of anilines is 1. The van der Waals surface area contributed by atoms with Gasteiger partial charge in [0.05, 0.1) is 12.1 Å². The van der Waals surface area contributed by atoms with Gasteiger partial charge in [-0.05, 0) is 50.1 Å². The van der Waals surface area contributed by atoms with Crippen LogP contribution in [0.25, 0.3) is 0 Å². The molecule has 5 rings (SSSR count). The average Bonchev–Trinajstić information content (AvgIpc) is 3.17. The normalized spacial score (nSPS) is 25.1. The van der Waals surface area contributed by atoms with Gasteiger partial charge in [0.25, 0.3) is 0 Å². The maximum atomic E-state index is 13.4. The van der Waals surface area contributed by atoms with Crippen LogP contribution in [0.2, 0.25) is 0 Å². The van der Waals surface area contributed by atoms with Crippen molar-refractivity contribution in [2.75, 3.05) is 18.0 Å². The van der Waals surface area contributed by atoms with Crippen molar-refractivity contribution < 1.29 is 4.39 Å². The van der Waals surface area contributed by atoms with E-state index < -0.39 is 0 Å².